The number of rotatable bonds is 7. The van der Waals surface area contributed by atoms with Crippen LogP contribution in [0.25, 0.3) is 5.57 Å². The first-order chi connectivity index (χ1) is 15.9. The van der Waals surface area contributed by atoms with E-state index in [2.05, 4.69) is 9.97 Å². The molecule has 182 valence electrons. The number of sulfone groups is 1. The van der Waals surface area contributed by atoms with Gasteiger partial charge in [0.15, 0.2) is 15.3 Å². The summed E-state index contributed by atoms with van der Waals surface area (Å²) in [7, 11) is -8.40. The van der Waals surface area contributed by atoms with E-state index < -0.39 is 58.2 Å². The summed E-state index contributed by atoms with van der Waals surface area (Å²) >= 11 is 0. The van der Waals surface area contributed by atoms with E-state index in [1.807, 2.05) is 0 Å². The molecule has 34 heavy (non-hydrogen) atoms. The molecule has 1 aromatic heterocycles. The lowest BCUT2D eigenvalue weighted by molar-refractivity contribution is -0.112. The number of alkyl halides is 2. The van der Waals surface area contributed by atoms with Crippen molar-refractivity contribution in [1.29, 1.82) is 0 Å². The van der Waals surface area contributed by atoms with Crippen molar-refractivity contribution in [3.8, 4) is 0 Å². The summed E-state index contributed by atoms with van der Waals surface area (Å²) in [5.41, 5.74) is 4.51. The van der Waals surface area contributed by atoms with Crippen LogP contribution in [-0.2, 0) is 19.2 Å². The van der Waals surface area contributed by atoms with Gasteiger partial charge >= 0.3 is 7.60 Å². The van der Waals surface area contributed by atoms with Crippen LogP contribution in [0.2, 0.25) is 0 Å². The van der Waals surface area contributed by atoms with Crippen molar-refractivity contribution in [2.24, 2.45) is 11.7 Å². The van der Waals surface area contributed by atoms with Gasteiger partial charge in [-0.2, -0.15) is 0 Å². The van der Waals surface area contributed by atoms with Gasteiger partial charge in [0.2, 0.25) is 5.91 Å². The molecule has 0 bridgehead atoms. The molecule has 1 heterocycles. The Morgan fingerprint density at radius 2 is 1.74 bits per heavy atom. The molecule has 4 atom stereocenters. The van der Waals surface area contributed by atoms with Crippen molar-refractivity contribution in [1.82, 2.24) is 9.97 Å². The van der Waals surface area contributed by atoms with Crippen molar-refractivity contribution in [3.63, 3.8) is 0 Å². The molecule has 2 fully saturated rings. The second-order valence-electron chi connectivity index (χ2n) is 8.41. The zero-order chi connectivity index (χ0) is 24.8. The molecule has 13 heteroatoms. The number of halogens is 2. The van der Waals surface area contributed by atoms with Crippen LogP contribution in [-0.4, -0.2) is 51.7 Å². The highest BCUT2D eigenvalue weighted by Crippen LogP contribution is 2.46. The standard InChI is InChI=1S/C21H22F2N3O6PS/c22-16-10-12(17(18(16)23)19-21(33(28,29)30)26-8-7-25-19)9-15(20(24)27)11-1-3-13(4-2-11)34(31,32)14-5-6-14/h1-4,7-9,12,14,16-18H,5-6,10H2,(H2,24,27)(H2,28,29,30)/b15-9+/t12-,16+,17?,18+/m1/s1. The Morgan fingerprint density at radius 3 is 2.29 bits per heavy atom. The number of aromatic nitrogens is 2. The first kappa shape index (κ1) is 24.6. The average molecular weight is 513 g/mol. The molecule has 4 N–H and O–H groups in total. The van der Waals surface area contributed by atoms with Crippen LogP contribution >= 0.6 is 7.60 Å². The molecular formula is C21H22F2N3O6PS. The third kappa shape index (κ3) is 4.68. The molecule has 2 aliphatic carbocycles. The molecule has 9 nitrogen and oxygen atoms in total. The molecule has 0 spiro atoms. The Labute approximate surface area is 194 Å². The number of nitrogens with two attached hydrogens (primary N) is 1. The molecule has 0 saturated heterocycles. The fourth-order valence-electron chi connectivity index (χ4n) is 4.25. The number of hydrogen-bond donors (Lipinski definition) is 3. The molecule has 1 amide bonds. The summed E-state index contributed by atoms with van der Waals surface area (Å²) in [5.74, 6) is -3.36. The molecule has 2 saturated carbocycles. The van der Waals surface area contributed by atoms with Crippen LogP contribution in [0.5, 0.6) is 0 Å². The Kier molecular flexibility index (Phi) is 6.45. The number of benzene rings is 1. The Balaban J connectivity index is 1.74. The maximum Gasteiger partial charge on any atom is 0.376 e. The second kappa shape index (κ2) is 8.92. The molecule has 1 unspecified atom stereocenters. The summed E-state index contributed by atoms with van der Waals surface area (Å²) in [6, 6.07) is 5.46. The highest BCUT2D eigenvalue weighted by Gasteiger charge is 2.48. The SMILES string of the molecule is NC(=O)/C(=C/[C@@H]1C[C@H](F)[C@H](F)C1c1nccnc1P(=O)(O)O)c1ccc(S(=O)(=O)C2CC2)cc1. The van der Waals surface area contributed by atoms with E-state index in [4.69, 9.17) is 5.73 Å². The number of carbonyl (C=O) groups excluding carboxylic acids is 1. The molecule has 4 rings (SSSR count). The number of hydrogen-bond acceptors (Lipinski definition) is 6. The van der Waals surface area contributed by atoms with Crippen LogP contribution < -0.4 is 11.2 Å². The minimum atomic E-state index is -4.95. The first-order valence-corrected chi connectivity index (χ1v) is 13.6. The van der Waals surface area contributed by atoms with Gasteiger partial charge in [0, 0.05) is 23.9 Å². The average Bonchev–Trinajstić information content (AvgIpc) is 3.59. The third-order valence-corrected chi connectivity index (χ3v) is 9.22. The third-order valence-electron chi connectivity index (χ3n) is 6.05. The van der Waals surface area contributed by atoms with Gasteiger partial charge in [0.1, 0.15) is 12.3 Å². The number of carbonyl (C=O) groups is 1. The summed E-state index contributed by atoms with van der Waals surface area (Å²) in [5, 5.41) is -0.415. The van der Waals surface area contributed by atoms with E-state index in [0.29, 0.717) is 12.8 Å². The largest absolute Gasteiger partial charge is 0.376 e. The number of amides is 1. The van der Waals surface area contributed by atoms with Gasteiger partial charge in [-0.15, -0.1) is 0 Å². The molecule has 0 radical (unpaired) electrons. The van der Waals surface area contributed by atoms with Crippen LogP contribution in [0.15, 0.2) is 47.6 Å². The fraction of sp³-hybridized carbons (Fsp3) is 0.381. The number of allylic oxidation sites excluding steroid dienone is 1. The predicted molar refractivity (Wildman–Crippen MR) is 118 cm³/mol. The van der Waals surface area contributed by atoms with Crippen molar-refractivity contribution in [2.75, 3.05) is 0 Å². The van der Waals surface area contributed by atoms with Crippen molar-refractivity contribution < 1.29 is 36.3 Å². The Hall–Kier alpha value is -2.53. The van der Waals surface area contributed by atoms with E-state index in [1.54, 1.807) is 0 Å². The lowest BCUT2D eigenvalue weighted by atomic mass is 9.89. The van der Waals surface area contributed by atoms with Crippen LogP contribution in [0.3, 0.4) is 0 Å². The summed E-state index contributed by atoms with van der Waals surface area (Å²) < 4.78 is 66.0. The quantitative estimate of drug-likeness (QED) is 0.371. The van der Waals surface area contributed by atoms with Crippen LogP contribution in [0.1, 0.15) is 36.4 Å². The van der Waals surface area contributed by atoms with E-state index in [1.165, 1.54) is 30.3 Å². The fourth-order valence-corrected chi connectivity index (χ4v) is 6.63. The summed E-state index contributed by atoms with van der Waals surface area (Å²) in [6.07, 6.45) is 0.0727. The van der Waals surface area contributed by atoms with Crippen LogP contribution in [0.4, 0.5) is 8.78 Å². The minimum absolute atomic E-state index is 0.0970. The summed E-state index contributed by atoms with van der Waals surface area (Å²) in [4.78, 5) is 39.0. The van der Waals surface area contributed by atoms with Crippen molar-refractivity contribution in [3.05, 3.63) is 54.0 Å². The smallest absolute Gasteiger partial charge is 0.366 e. The zero-order valence-corrected chi connectivity index (χ0v) is 19.4. The van der Waals surface area contributed by atoms with E-state index in [9.17, 15) is 36.3 Å². The molecule has 2 aliphatic rings. The second-order valence-corrected chi connectivity index (χ2v) is 12.1. The van der Waals surface area contributed by atoms with Gasteiger partial charge in [-0.05, 0) is 42.9 Å². The lowest BCUT2D eigenvalue weighted by Gasteiger charge is -2.21. The van der Waals surface area contributed by atoms with Gasteiger partial charge < -0.3 is 15.5 Å². The van der Waals surface area contributed by atoms with Crippen molar-refractivity contribution >= 4 is 34.3 Å². The normalized spacial score (nSPS) is 25.9. The Bertz CT molecular complexity index is 1290. The molecule has 1 aromatic carbocycles. The number of nitrogens with zero attached hydrogens (tertiary/aromatic N) is 2. The van der Waals surface area contributed by atoms with Crippen molar-refractivity contribution in [2.45, 2.75) is 47.7 Å². The topological polar surface area (TPSA) is 161 Å². The van der Waals surface area contributed by atoms with Gasteiger partial charge in [-0.3, -0.25) is 14.3 Å². The maximum absolute atomic E-state index is 14.9. The highest BCUT2D eigenvalue weighted by molar-refractivity contribution is 7.92. The zero-order valence-electron chi connectivity index (χ0n) is 17.7. The van der Waals surface area contributed by atoms with Gasteiger partial charge in [0.05, 0.1) is 15.8 Å². The van der Waals surface area contributed by atoms with E-state index >= 15 is 0 Å². The predicted octanol–water partition coefficient (Wildman–Crippen LogP) is 1.56. The Morgan fingerprint density at radius 1 is 1.12 bits per heavy atom. The monoisotopic (exact) mass is 513 g/mol. The highest BCUT2D eigenvalue weighted by atomic mass is 32.2. The van der Waals surface area contributed by atoms with Gasteiger partial charge in [-0.25, -0.2) is 22.2 Å². The van der Waals surface area contributed by atoms with E-state index in [0.717, 1.165) is 12.4 Å². The maximum atomic E-state index is 14.9. The van der Waals surface area contributed by atoms with Crippen LogP contribution in [0, 0.1) is 5.92 Å². The minimum Gasteiger partial charge on any atom is -0.366 e. The van der Waals surface area contributed by atoms with Gasteiger partial charge in [-0.1, -0.05) is 18.2 Å². The van der Waals surface area contributed by atoms with E-state index in [-0.39, 0.29) is 28.1 Å². The molecular weight excluding hydrogens is 491 g/mol. The molecule has 0 aliphatic heterocycles. The molecule has 2 aromatic rings. The number of primary amides is 1. The first-order valence-electron chi connectivity index (χ1n) is 10.4. The summed E-state index contributed by atoms with van der Waals surface area (Å²) in [6.45, 7) is 0. The lowest BCUT2D eigenvalue weighted by Crippen LogP contribution is -2.27. The van der Waals surface area contributed by atoms with Gasteiger partial charge in [0.25, 0.3) is 0 Å².